The molecular weight excluding hydrogens is 285 g/mol. The van der Waals surface area contributed by atoms with Crippen LogP contribution in [-0.4, -0.2) is 5.11 Å². The average Bonchev–Trinajstić information content (AvgIpc) is 2.34. The Morgan fingerprint density at radius 3 is 2.59 bits per heavy atom. The molecule has 1 aliphatic carbocycles. The van der Waals surface area contributed by atoms with Crippen molar-refractivity contribution >= 4 is 15.9 Å². The lowest BCUT2D eigenvalue weighted by Crippen LogP contribution is -2.23. The third-order valence-electron chi connectivity index (χ3n) is 3.57. The summed E-state index contributed by atoms with van der Waals surface area (Å²) < 4.78 is 14.1. The lowest BCUT2D eigenvalue weighted by molar-refractivity contribution is 0.300. The standard InChI is InChI=1S/C13H17BrFNO/c14-9-6-10(13(17)11(15)7-9)12(16)8-4-2-1-3-5-8/h6-8,12,17H,1-5,16H2/t12-/m1/s1. The highest BCUT2D eigenvalue weighted by atomic mass is 79.9. The number of halogens is 2. The van der Waals surface area contributed by atoms with Crippen LogP contribution in [0.25, 0.3) is 0 Å². The third kappa shape index (κ3) is 2.80. The van der Waals surface area contributed by atoms with Gasteiger partial charge in [-0.3, -0.25) is 0 Å². The third-order valence-corrected chi connectivity index (χ3v) is 4.03. The molecule has 1 fully saturated rings. The zero-order valence-corrected chi connectivity index (χ0v) is 11.2. The van der Waals surface area contributed by atoms with Crippen molar-refractivity contribution in [2.45, 2.75) is 38.1 Å². The van der Waals surface area contributed by atoms with Crippen molar-refractivity contribution < 1.29 is 9.50 Å². The lowest BCUT2D eigenvalue weighted by atomic mass is 9.81. The normalized spacial score (nSPS) is 19.2. The van der Waals surface area contributed by atoms with E-state index in [9.17, 15) is 9.50 Å². The lowest BCUT2D eigenvalue weighted by Gasteiger charge is -2.28. The van der Waals surface area contributed by atoms with E-state index < -0.39 is 5.82 Å². The van der Waals surface area contributed by atoms with E-state index in [0.717, 1.165) is 12.8 Å². The first kappa shape index (κ1) is 12.8. The molecule has 1 aromatic rings. The second-order valence-electron chi connectivity index (χ2n) is 4.75. The molecule has 0 spiro atoms. The van der Waals surface area contributed by atoms with Gasteiger partial charge in [-0.1, -0.05) is 35.2 Å². The van der Waals surface area contributed by atoms with Crippen LogP contribution in [0.5, 0.6) is 5.75 Å². The second kappa shape index (κ2) is 5.36. The first-order valence-electron chi connectivity index (χ1n) is 6.03. The van der Waals surface area contributed by atoms with Gasteiger partial charge in [0.25, 0.3) is 0 Å². The number of hydrogen-bond acceptors (Lipinski definition) is 2. The summed E-state index contributed by atoms with van der Waals surface area (Å²) in [6.45, 7) is 0. The van der Waals surface area contributed by atoms with E-state index in [2.05, 4.69) is 15.9 Å². The minimum atomic E-state index is -0.611. The maximum Gasteiger partial charge on any atom is 0.166 e. The fourth-order valence-electron chi connectivity index (χ4n) is 2.59. The van der Waals surface area contributed by atoms with Crippen LogP contribution < -0.4 is 5.73 Å². The van der Waals surface area contributed by atoms with Gasteiger partial charge in [0.15, 0.2) is 11.6 Å². The van der Waals surface area contributed by atoms with E-state index in [4.69, 9.17) is 5.73 Å². The topological polar surface area (TPSA) is 46.2 Å². The number of aromatic hydroxyl groups is 1. The van der Waals surface area contributed by atoms with Gasteiger partial charge in [0.05, 0.1) is 0 Å². The molecule has 1 aliphatic rings. The molecule has 1 atom stereocenters. The van der Waals surface area contributed by atoms with Gasteiger partial charge in [-0.25, -0.2) is 4.39 Å². The number of rotatable bonds is 2. The Kier molecular flexibility index (Phi) is 4.05. The van der Waals surface area contributed by atoms with E-state index in [1.807, 2.05) is 0 Å². The van der Waals surface area contributed by atoms with E-state index in [1.54, 1.807) is 6.07 Å². The van der Waals surface area contributed by atoms with Gasteiger partial charge in [-0.2, -0.15) is 0 Å². The van der Waals surface area contributed by atoms with Crippen LogP contribution in [0.2, 0.25) is 0 Å². The number of hydrogen-bond donors (Lipinski definition) is 2. The minimum absolute atomic E-state index is 0.276. The monoisotopic (exact) mass is 301 g/mol. The fourth-order valence-corrected chi connectivity index (χ4v) is 3.03. The summed E-state index contributed by atoms with van der Waals surface area (Å²) in [5.41, 5.74) is 6.68. The van der Waals surface area contributed by atoms with Gasteiger partial charge < -0.3 is 10.8 Å². The van der Waals surface area contributed by atoms with Gasteiger partial charge in [0.1, 0.15) is 0 Å². The summed E-state index contributed by atoms with van der Waals surface area (Å²) in [4.78, 5) is 0. The van der Waals surface area contributed by atoms with E-state index in [1.165, 1.54) is 25.3 Å². The average molecular weight is 302 g/mol. The van der Waals surface area contributed by atoms with Gasteiger partial charge in [-0.05, 0) is 30.9 Å². The Hall–Kier alpha value is -0.610. The molecule has 0 bridgehead atoms. The first-order valence-corrected chi connectivity index (χ1v) is 6.82. The molecule has 0 unspecified atom stereocenters. The Morgan fingerprint density at radius 1 is 1.29 bits per heavy atom. The number of nitrogens with two attached hydrogens (primary N) is 1. The molecule has 94 valence electrons. The van der Waals surface area contributed by atoms with Crippen molar-refractivity contribution in [1.82, 2.24) is 0 Å². The maximum absolute atomic E-state index is 13.4. The highest BCUT2D eigenvalue weighted by molar-refractivity contribution is 9.10. The Balaban J connectivity index is 2.26. The van der Waals surface area contributed by atoms with Gasteiger partial charge in [0.2, 0.25) is 0 Å². The van der Waals surface area contributed by atoms with Crippen molar-refractivity contribution in [2.75, 3.05) is 0 Å². The van der Waals surface area contributed by atoms with Crippen LogP contribution >= 0.6 is 15.9 Å². The molecule has 3 N–H and O–H groups in total. The molecular formula is C13H17BrFNO. The smallest absolute Gasteiger partial charge is 0.166 e. The van der Waals surface area contributed by atoms with Crippen LogP contribution in [0.1, 0.15) is 43.7 Å². The molecule has 1 saturated carbocycles. The van der Waals surface area contributed by atoms with E-state index in [-0.39, 0.29) is 11.8 Å². The predicted molar refractivity (Wildman–Crippen MR) is 69.3 cm³/mol. The van der Waals surface area contributed by atoms with Crippen LogP contribution in [0.4, 0.5) is 4.39 Å². The molecule has 1 aromatic carbocycles. The van der Waals surface area contributed by atoms with Crippen molar-refractivity contribution in [3.8, 4) is 5.75 Å². The molecule has 0 amide bonds. The van der Waals surface area contributed by atoms with Crippen molar-refractivity contribution in [3.05, 3.63) is 28.0 Å². The molecule has 0 radical (unpaired) electrons. The van der Waals surface area contributed by atoms with Crippen LogP contribution in [0, 0.1) is 11.7 Å². The highest BCUT2D eigenvalue weighted by Gasteiger charge is 2.25. The van der Waals surface area contributed by atoms with Crippen LogP contribution in [-0.2, 0) is 0 Å². The number of phenols is 1. The van der Waals surface area contributed by atoms with Gasteiger partial charge in [-0.15, -0.1) is 0 Å². The Labute approximate surface area is 109 Å². The van der Waals surface area contributed by atoms with Crippen LogP contribution in [0.3, 0.4) is 0 Å². The molecule has 0 aromatic heterocycles. The SMILES string of the molecule is N[C@@H](c1cc(Br)cc(F)c1O)C1CCCCC1. The molecule has 2 rings (SSSR count). The Morgan fingerprint density at radius 2 is 1.94 bits per heavy atom. The zero-order valence-electron chi connectivity index (χ0n) is 9.63. The first-order chi connectivity index (χ1) is 8.09. The summed E-state index contributed by atoms with van der Waals surface area (Å²) in [7, 11) is 0. The van der Waals surface area contributed by atoms with Crippen LogP contribution in [0.15, 0.2) is 16.6 Å². The van der Waals surface area contributed by atoms with Gasteiger partial charge in [0, 0.05) is 16.1 Å². The summed E-state index contributed by atoms with van der Waals surface area (Å²) in [6, 6.07) is 2.70. The largest absolute Gasteiger partial charge is 0.505 e. The zero-order chi connectivity index (χ0) is 12.4. The van der Waals surface area contributed by atoms with E-state index in [0.29, 0.717) is 16.0 Å². The summed E-state index contributed by atoms with van der Waals surface area (Å²) in [6.07, 6.45) is 5.73. The molecule has 0 heterocycles. The quantitative estimate of drug-likeness (QED) is 0.871. The van der Waals surface area contributed by atoms with E-state index >= 15 is 0 Å². The van der Waals surface area contributed by atoms with Gasteiger partial charge >= 0.3 is 0 Å². The molecule has 0 aliphatic heterocycles. The maximum atomic E-state index is 13.4. The number of benzene rings is 1. The molecule has 4 heteroatoms. The fraction of sp³-hybridized carbons (Fsp3) is 0.538. The molecule has 17 heavy (non-hydrogen) atoms. The van der Waals surface area contributed by atoms with Crippen molar-refractivity contribution in [3.63, 3.8) is 0 Å². The summed E-state index contributed by atoms with van der Waals surface area (Å²) >= 11 is 3.23. The minimum Gasteiger partial charge on any atom is -0.505 e. The summed E-state index contributed by atoms with van der Waals surface area (Å²) in [5, 5.41) is 9.75. The second-order valence-corrected chi connectivity index (χ2v) is 5.66. The van der Waals surface area contributed by atoms with Crippen molar-refractivity contribution in [2.24, 2.45) is 11.7 Å². The predicted octanol–water partition coefficient (Wildman–Crippen LogP) is 3.87. The molecule has 2 nitrogen and oxygen atoms in total. The highest BCUT2D eigenvalue weighted by Crippen LogP contribution is 2.38. The summed E-state index contributed by atoms with van der Waals surface area (Å²) in [5.74, 6) is -0.560. The van der Waals surface area contributed by atoms with Crippen molar-refractivity contribution in [1.29, 1.82) is 0 Å². The Bertz CT molecular complexity index is 405. The number of phenolic OH excluding ortho intramolecular Hbond substituents is 1. The molecule has 0 saturated heterocycles.